The molecular formula is C26H22O. The summed E-state index contributed by atoms with van der Waals surface area (Å²) in [6.07, 6.45) is 9.05. The Bertz CT molecular complexity index is 1110. The first-order valence-electron chi connectivity index (χ1n) is 10.1. The van der Waals surface area contributed by atoms with Gasteiger partial charge < -0.3 is 0 Å². The molecule has 1 nitrogen and oxygen atoms in total. The summed E-state index contributed by atoms with van der Waals surface area (Å²) in [4.78, 5) is 12.9. The Morgan fingerprint density at radius 3 is 2.56 bits per heavy atom. The Morgan fingerprint density at radius 1 is 0.889 bits per heavy atom. The van der Waals surface area contributed by atoms with E-state index in [-0.39, 0.29) is 5.41 Å². The van der Waals surface area contributed by atoms with Crippen molar-refractivity contribution in [1.82, 2.24) is 0 Å². The van der Waals surface area contributed by atoms with Gasteiger partial charge in [0.2, 0.25) is 0 Å². The molecule has 3 aliphatic rings. The second kappa shape index (κ2) is 5.42. The van der Waals surface area contributed by atoms with E-state index in [9.17, 15) is 4.79 Å². The van der Waals surface area contributed by atoms with Crippen LogP contribution in [0.1, 0.15) is 41.6 Å². The first kappa shape index (κ1) is 15.4. The van der Waals surface area contributed by atoms with Crippen LogP contribution in [-0.2, 0) is 5.41 Å². The fraction of sp³-hybridized carbons (Fsp3) is 0.269. The second-order valence-corrected chi connectivity index (χ2v) is 8.56. The molecule has 0 N–H and O–H groups in total. The highest BCUT2D eigenvalue weighted by Crippen LogP contribution is 2.58. The maximum Gasteiger partial charge on any atom is 0.163 e. The number of carbonyl (C=O) groups is 1. The van der Waals surface area contributed by atoms with Gasteiger partial charge in [0, 0.05) is 17.4 Å². The highest BCUT2D eigenvalue weighted by atomic mass is 16.1. The quantitative estimate of drug-likeness (QED) is 0.470. The molecule has 2 bridgehead atoms. The Labute approximate surface area is 159 Å². The van der Waals surface area contributed by atoms with Gasteiger partial charge in [0.15, 0.2) is 5.78 Å². The van der Waals surface area contributed by atoms with Crippen LogP contribution in [0.2, 0.25) is 0 Å². The third kappa shape index (κ3) is 2.09. The largest absolute Gasteiger partial charge is 0.294 e. The minimum Gasteiger partial charge on any atom is -0.294 e. The van der Waals surface area contributed by atoms with Crippen molar-refractivity contribution in [2.24, 2.45) is 11.8 Å². The van der Waals surface area contributed by atoms with E-state index < -0.39 is 0 Å². The predicted molar refractivity (Wildman–Crippen MR) is 110 cm³/mol. The van der Waals surface area contributed by atoms with Crippen LogP contribution in [0.5, 0.6) is 0 Å². The normalized spacial score (nSPS) is 28.2. The van der Waals surface area contributed by atoms with E-state index in [4.69, 9.17) is 0 Å². The van der Waals surface area contributed by atoms with Crippen LogP contribution in [0, 0.1) is 11.8 Å². The van der Waals surface area contributed by atoms with Gasteiger partial charge in [0.05, 0.1) is 0 Å². The third-order valence-corrected chi connectivity index (χ3v) is 7.25. The number of allylic oxidation sites excluding steroid dienone is 2. The maximum absolute atomic E-state index is 12.9. The minimum absolute atomic E-state index is 0.194. The molecule has 0 aromatic heterocycles. The number of hydrogen-bond donors (Lipinski definition) is 0. The fourth-order valence-electron chi connectivity index (χ4n) is 6.00. The van der Waals surface area contributed by atoms with Crippen LogP contribution in [0.15, 0.2) is 72.8 Å². The van der Waals surface area contributed by atoms with Crippen molar-refractivity contribution in [2.45, 2.75) is 31.1 Å². The van der Waals surface area contributed by atoms with Gasteiger partial charge >= 0.3 is 0 Å². The molecule has 132 valence electrons. The summed E-state index contributed by atoms with van der Waals surface area (Å²) < 4.78 is 0. The average molecular weight is 350 g/mol. The number of Topliss-reactive ketones (excluding diaryl/α,β-unsaturated/α-hetero) is 1. The molecule has 1 heteroatoms. The molecule has 27 heavy (non-hydrogen) atoms. The van der Waals surface area contributed by atoms with Crippen molar-refractivity contribution in [3.05, 3.63) is 83.9 Å². The molecule has 6 rings (SSSR count). The minimum atomic E-state index is 0.194. The lowest BCUT2D eigenvalue weighted by atomic mass is 9.62. The Kier molecular flexibility index (Phi) is 3.09. The Balaban J connectivity index is 1.61. The Hall–Kier alpha value is -2.67. The molecule has 3 unspecified atom stereocenters. The van der Waals surface area contributed by atoms with Gasteiger partial charge in [-0.05, 0) is 70.7 Å². The van der Waals surface area contributed by atoms with Gasteiger partial charge in [0.1, 0.15) is 0 Å². The van der Waals surface area contributed by atoms with Gasteiger partial charge in [-0.15, -0.1) is 0 Å². The third-order valence-electron chi connectivity index (χ3n) is 7.25. The van der Waals surface area contributed by atoms with Gasteiger partial charge in [-0.2, -0.15) is 0 Å². The van der Waals surface area contributed by atoms with Crippen molar-refractivity contribution in [3.8, 4) is 11.1 Å². The van der Waals surface area contributed by atoms with Crippen LogP contribution in [0.25, 0.3) is 21.9 Å². The Morgan fingerprint density at radius 2 is 1.78 bits per heavy atom. The predicted octanol–water partition coefficient (Wildman–Crippen LogP) is 6.32. The number of carbonyl (C=O) groups excluding carboxylic acids is 1. The van der Waals surface area contributed by atoms with E-state index in [1.807, 2.05) is 6.07 Å². The smallest absolute Gasteiger partial charge is 0.163 e. The van der Waals surface area contributed by atoms with Crippen molar-refractivity contribution < 1.29 is 4.79 Å². The standard InChI is InChI=1S/C26H22O/c27-25-11-12-26(16-17-9-10-20(26)13-17)24-14-19-7-4-8-21(22(19)15-23(24)25)18-5-2-1-3-6-18/h1-10,14-15,17,20H,11-13,16H2. The SMILES string of the molecule is O=C1CCC2(CC3C=CC2C3)c2cc3cccc(-c4ccccc4)c3cc21. The summed E-state index contributed by atoms with van der Waals surface area (Å²) in [5.74, 6) is 1.65. The van der Waals surface area contributed by atoms with E-state index in [1.54, 1.807) is 0 Å². The van der Waals surface area contributed by atoms with Gasteiger partial charge in [-0.25, -0.2) is 0 Å². The van der Waals surface area contributed by atoms with Gasteiger partial charge in [0.25, 0.3) is 0 Å². The lowest BCUT2D eigenvalue weighted by molar-refractivity contribution is 0.0944. The number of fused-ring (bicyclic) bond motifs is 6. The average Bonchev–Trinajstić information content (AvgIpc) is 3.32. The fourth-order valence-corrected chi connectivity index (χ4v) is 6.00. The highest BCUT2D eigenvalue weighted by molar-refractivity contribution is 6.06. The lowest BCUT2D eigenvalue weighted by Gasteiger charge is -2.41. The first-order chi connectivity index (χ1) is 13.2. The number of benzene rings is 3. The van der Waals surface area contributed by atoms with Crippen LogP contribution >= 0.6 is 0 Å². The van der Waals surface area contributed by atoms with Crippen LogP contribution in [0.4, 0.5) is 0 Å². The molecule has 0 heterocycles. The summed E-state index contributed by atoms with van der Waals surface area (Å²) in [6.45, 7) is 0. The van der Waals surface area contributed by atoms with Crippen LogP contribution in [-0.4, -0.2) is 5.78 Å². The monoisotopic (exact) mass is 350 g/mol. The van der Waals surface area contributed by atoms with Crippen molar-refractivity contribution >= 4 is 16.6 Å². The van der Waals surface area contributed by atoms with E-state index in [0.717, 1.165) is 12.0 Å². The maximum atomic E-state index is 12.9. The van der Waals surface area contributed by atoms with E-state index in [1.165, 1.54) is 40.3 Å². The molecule has 0 saturated heterocycles. The highest BCUT2D eigenvalue weighted by Gasteiger charge is 2.52. The van der Waals surface area contributed by atoms with Gasteiger partial charge in [-0.1, -0.05) is 60.7 Å². The second-order valence-electron chi connectivity index (χ2n) is 8.56. The molecule has 3 aromatic carbocycles. The summed E-state index contributed by atoms with van der Waals surface area (Å²) in [5, 5.41) is 2.46. The summed E-state index contributed by atoms with van der Waals surface area (Å²) in [7, 11) is 0. The molecule has 3 aromatic rings. The van der Waals surface area contributed by atoms with Crippen molar-refractivity contribution in [1.29, 1.82) is 0 Å². The van der Waals surface area contributed by atoms with Crippen molar-refractivity contribution in [3.63, 3.8) is 0 Å². The van der Waals surface area contributed by atoms with Crippen molar-refractivity contribution in [2.75, 3.05) is 0 Å². The first-order valence-corrected chi connectivity index (χ1v) is 10.1. The summed E-state index contributed by atoms with van der Waals surface area (Å²) in [5.41, 5.74) is 4.94. The summed E-state index contributed by atoms with van der Waals surface area (Å²) >= 11 is 0. The molecular weight excluding hydrogens is 328 g/mol. The zero-order valence-electron chi connectivity index (χ0n) is 15.3. The molecule has 0 radical (unpaired) electrons. The molecule has 0 aliphatic heterocycles. The molecule has 1 saturated carbocycles. The number of rotatable bonds is 1. The van der Waals surface area contributed by atoms with Gasteiger partial charge in [-0.3, -0.25) is 4.79 Å². The zero-order valence-corrected chi connectivity index (χ0v) is 15.3. The lowest BCUT2D eigenvalue weighted by Crippen LogP contribution is -2.36. The van der Waals surface area contributed by atoms with E-state index in [0.29, 0.717) is 24.0 Å². The summed E-state index contributed by atoms with van der Waals surface area (Å²) in [6, 6.07) is 21.6. The molecule has 3 aliphatic carbocycles. The topological polar surface area (TPSA) is 17.1 Å². The van der Waals surface area contributed by atoms with Crippen LogP contribution in [0.3, 0.4) is 0 Å². The zero-order chi connectivity index (χ0) is 18.0. The number of hydrogen-bond acceptors (Lipinski definition) is 1. The molecule has 0 amide bonds. The van der Waals surface area contributed by atoms with E-state index in [2.05, 4.69) is 66.7 Å². The van der Waals surface area contributed by atoms with E-state index >= 15 is 0 Å². The van der Waals surface area contributed by atoms with Crippen LogP contribution < -0.4 is 0 Å². The number of ketones is 1. The molecule has 1 fully saturated rings. The molecule has 3 atom stereocenters. The molecule has 1 spiro atoms.